The summed E-state index contributed by atoms with van der Waals surface area (Å²) in [6.45, 7) is 19.2. The third-order valence-electron chi connectivity index (χ3n) is 14.4. The molecule has 370 valence electrons. The molecule has 2 unspecified atom stereocenters. The number of carbonyl (C=O) groups excluding carboxylic acids is 2. The SMILES string of the molecule is CCCCCCCCCN(/C=C/N(CCCCCCCCC)CC(=O)N1CC2CC1CN2C(=O)CN(CCCCCCCCC)CCCCCCCCC)CCCCCCCCC. The van der Waals surface area contributed by atoms with Crippen molar-refractivity contribution in [3.63, 3.8) is 0 Å². The minimum Gasteiger partial charge on any atom is -0.376 e. The van der Waals surface area contributed by atoms with Crippen LogP contribution in [0.4, 0.5) is 0 Å². The molecule has 63 heavy (non-hydrogen) atoms. The zero-order chi connectivity index (χ0) is 45.4. The summed E-state index contributed by atoms with van der Waals surface area (Å²) >= 11 is 0. The third-order valence-corrected chi connectivity index (χ3v) is 14.4. The number of hydrogen-bond donors (Lipinski definition) is 0. The summed E-state index contributed by atoms with van der Waals surface area (Å²) in [6.07, 6.45) is 51.6. The number of nitrogens with zero attached hydrogens (tertiary/aromatic N) is 5. The van der Waals surface area contributed by atoms with Gasteiger partial charge in [0, 0.05) is 45.1 Å². The zero-order valence-corrected chi connectivity index (χ0v) is 43.2. The van der Waals surface area contributed by atoms with Crippen LogP contribution in [-0.4, -0.2) is 107 Å². The maximum atomic E-state index is 14.2. The first-order chi connectivity index (χ1) is 31.0. The second-order valence-corrected chi connectivity index (χ2v) is 20.3. The van der Waals surface area contributed by atoms with Crippen LogP contribution in [0.25, 0.3) is 0 Å². The number of likely N-dealkylation sites (tertiary alicyclic amines) is 2. The molecular formula is C56H109N5O2. The van der Waals surface area contributed by atoms with Crippen molar-refractivity contribution in [1.82, 2.24) is 24.5 Å². The fourth-order valence-electron chi connectivity index (χ4n) is 10.2. The van der Waals surface area contributed by atoms with Gasteiger partial charge < -0.3 is 19.6 Å². The van der Waals surface area contributed by atoms with Gasteiger partial charge in [0.25, 0.3) is 0 Å². The Morgan fingerprint density at radius 3 is 0.968 bits per heavy atom. The number of fused-ring (bicyclic) bond motifs is 2. The van der Waals surface area contributed by atoms with Crippen molar-refractivity contribution < 1.29 is 9.59 Å². The number of unbranched alkanes of at least 4 members (excludes halogenated alkanes) is 30. The molecule has 0 aromatic heterocycles. The van der Waals surface area contributed by atoms with E-state index in [0.29, 0.717) is 25.5 Å². The van der Waals surface area contributed by atoms with E-state index in [0.717, 1.165) is 52.1 Å². The maximum Gasteiger partial charge on any atom is 0.242 e. The van der Waals surface area contributed by atoms with Crippen molar-refractivity contribution in [3.05, 3.63) is 12.4 Å². The fourth-order valence-corrected chi connectivity index (χ4v) is 10.2. The van der Waals surface area contributed by atoms with Crippen LogP contribution >= 0.6 is 0 Å². The molecule has 2 bridgehead atoms. The normalized spacial score (nSPS) is 16.1. The molecule has 0 saturated carbocycles. The number of amides is 2. The topological polar surface area (TPSA) is 50.3 Å². The van der Waals surface area contributed by atoms with Gasteiger partial charge in [0.1, 0.15) is 0 Å². The van der Waals surface area contributed by atoms with Crippen LogP contribution in [0.15, 0.2) is 12.4 Å². The summed E-state index contributed by atoms with van der Waals surface area (Å²) < 4.78 is 0. The summed E-state index contributed by atoms with van der Waals surface area (Å²) in [5.41, 5.74) is 0. The van der Waals surface area contributed by atoms with E-state index in [2.05, 4.69) is 71.5 Å². The highest BCUT2D eigenvalue weighted by atomic mass is 16.2. The lowest BCUT2D eigenvalue weighted by molar-refractivity contribution is -0.140. The van der Waals surface area contributed by atoms with E-state index < -0.39 is 0 Å². The van der Waals surface area contributed by atoms with Crippen LogP contribution in [0.5, 0.6) is 0 Å². The molecule has 0 aromatic rings. The predicted octanol–water partition coefficient (Wildman–Crippen LogP) is 14.9. The molecule has 2 rings (SSSR count). The largest absolute Gasteiger partial charge is 0.376 e. The molecule has 0 aromatic carbocycles. The number of piperazine rings is 1. The molecular weight excluding hydrogens is 775 g/mol. The molecule has 0 spiro atoms. The second kappa shape index (κ2) is 40.5. The Balaban J connectivity index is 2.00. The van der Waals surface area contributed by atoms with E-state index in [1.165, 1.54) is 218 Å². The van der Waals surface area contributed by atoms with Crippen molar-refractivity contribution in [2.75, 3.05) is 58.9 Å². The van der Waals surface area contributed by atoms with Crippen LogP contribution < -0.4 is 0 Å². The van der Waals surface area contributed by atoms with Crippen molar-refractivity contribution in [3.8, 4) is 0 Å². The van der Waals surface area contributed by atoms with Crippen molar-refractivity contribution in [1.29, 1.82) is 0 Å². The summed E-state index contributed by atoms with van der Waals surface area (Å²) in [6, 6.07) is 0.346. The monoisotopic (exact) mass is 884 g/mol. The molecule has 0 radical (unpaired) electrons. The van der Waals surface area contributed by atoms with Gasteiger partial charge in [-0.1, -0.05) is 227 Å². The lowest BCUT2D eigenvalue weighted by atomic mass is 10.1. The minimum atomic E-state index is 0.168. The van der Waals surface area contributed by atoms with Gasteiger partial charge in [-0.25, -0.2) is 0 Å². The lowest BCUT2D eigenvalue weighted by Crippen LogP contribution is -2.54. The van der Waals surface area contributed by atoms with E-state index in [-0.39, 0.29) is 18.0 Å². The van der Waals surface area contributed by atoms with Crippen LogP contribution in [0.2, 0.25) is 0 Å². The van der Waals surface area contributed by atoms with Crippen molar-refractivity contribution in [2.45, 2.75) is 278 Å². The van der Waals surface area contributed by atoms with Gasteiger partial charge in [0.15, 0.2) is 0 Å². The minimum absolute atomic E-state index is 0.168. The van der Waals surface area contributed by atoms with Crippen LogP contribution in [0, 0.1) is 0 Å². The quantitative estimate of drug-likeness (QED) is 0.0570. The summed E-state index contributed by atoms with van der Waals surface area (Å²) in [7, 11) is 0. The molecule has 2 aliphatic rings. The third kappa shape index (κ3) is 28.8. The van der Waals surface area contributed by atoms with Gasteiger partial charge in [0.2, 0.25) is 11.8 Å². The molecule has 7 nitrogen and oxygen atoms in total. The predicted molar refractivity (Wildman–Crippen MR) is 274 cm³/mol. The summed E-state index contributed by atoms with van der Waals surface area (Å²) in [5.74, 6) is 0.554. The Morgan fingerprint density at radius 2 is 0.635 bits per heavy atom. The van der Waals surface area contributed by atoms with Gasteiger partial charge in [-0.15, -0.1) is 0 Å². The Morgan fingerprint density at radius 1 is 0.365 bits per heavy atom. The van der Waals surface area contributed by atoms with Crippen molar-refractivity contribution in [2.24, 2.45) is 0 Å². The Kier molecular flexibility index (Phi) is 36.9. The molecule has 0 aliphatic carbocycles. The zero-order valence-electron chi connectivity index (χ0n) is 43.2. The summed E-state index contributed by atoms with van der Waals surface area (Å²) in [4.78, 5) is 39.9. The van der Waals surface area contributed by atoms with Gasteiger partial charge in [-0.2, -0.15) is 0 Å². The number of carbonyl (C=O) groups is 2. The van der Waals surface area contributed by atoms with E-state index >= 15 is 0 Å². The van der Waals surface area contributed by atoms with E-state index in [1.54, 1.807) is 0 Å². The molecule has 2 amide bonds. The van der Waals surface area contributed by atoms with Gasteiger partial charge >= 0.3 is 0 Å². The van der Waals surface area contributed by atoms with Crippen LogP contribution in [0.1, 0.15) is 266 Å². The van der Waals surface area contributed by atoms with Crippen LogP contribution in [-0.2, 0) is 9.59 Å². The molecule has 2 fully saturated rings. The average molecular weight is 885 g/mol. The Labute approximate surface area is 393 Å². The Bertz CT molecular complexity index is 1050. The van der Waals surface area contributed by atoms with E-state index in [9.17, 15) is 9.59 Å². The first-order valence-corrected chi connectivity index (χ1v) is 28.4. The molecule has 2 atom stereocenters. The second-order valence-electron chi connectivity index (χ2n) is 20.3. The lowest BCUT2D eigenvalue weighted by Gasteiger charge is -2.36. The standard InChI is InChI=1S/C56H109N5O2/c1-6-11-16-21-26-31-36-41-57(42-37-32-27-22-17-12-7-2)46-47-59(45-40-35-30-25-20-15-10-5)52-56(63)61-50-53-48-54(61)49-60(53)55(62)51-58(43-38-33-28-23-18-13-8-3)44-39-34-29-24-19-14-9-4/h46-47,53-54H,6-45,48-52H2,1-5H3/b47-46+. The highest BCUT2D eigenvalue weighted by Crippen LogP contribution is 2.31. The summed E-state index contributed by atoms with van der Waals surface area (Å²) in [5, 5.41) is 0. The molecule has 2 heterocycles. The molecule has 2 saturated heterocycles. The number of hydrogen-bond acceptors (Lipinski definition) is 5. The molecule has 2 aliphatic heterocycles. The first kappa shape index (κ1) is 57.4. The Hall–Kier alpha value is -1.76. The van der Waals surface area contributed by atoms with Gasteiger partial charge in [-0.3, -0.25) is 14.5 Å². The fraction of sp³-hybridized carbons (Fsp3) is 0.929. The maximum absolute atomic E-state index is 14.2. The highest BCUT2D eigenvalue weighted by Gasteiger charge is 2.47. The van der Waals surface area contributed by atoms with Gasteiger partial charge in [0.05, 0.1) is 25.2 Å². The highest BCUT2D eigenvalue weighted by molar-refractivity contribution is 5.82. The van der Waals surface area contributed by atoms with Crippen LogP contribution in [0.3, 0.4) is 0 Å². The molecule has 0 N–H and O–H groups in total. The van der Waals surface area contributed by atoms with E-state index in [4.69, 9.17) is 0 Å². The smallest absolute Gasteiger partial charge is 0.242 e. The van der Waals surface area contributed by atoms with E-state index in [1.807, 2.05) is 0 Å². The van der Waals surface area contributed by atoms with Crippen molar-refractivity contribution >= 4 is 11.8 Å². The van der Waals surface area contributed by atoms with Gasteiger partial charge in [-0.05, 0) is 51.6 Å². The number of rotatable bonds is 46. The average Bonchev–Trinajstić information content (AvgIpc) is 3.91. The molecule has 7 heteroatoms. The first-order valence-electron chi connectivity index (χ1n) is 28.4.